The smallest absolute Gasteiger partial charge is 0.178 e. The minimum Gasteiger partial charge on any atom is -0.337 e. The fourth-order valence-corrected chi connectivity index (χ4v) is 4.53. The van der Waals surface area contributed by atoms with Crippen LogP contribution in [-0.2, 0) is 23.4 Å². The number of sulfone groups is 1. The maximum Gasteiger partial charge on any atom is 0.178 e. The number of imidazole rings is 1. The van der Waals surface area contributed by atoms with Gasteiger partial charge in [-0.3, -0.25) is 9.88 Å². The molecule has 1 aliphatic rings. The van der Waals surface area contributed by atoms with Crippen LogP contribution < -0.4 is 0 Å². The lowest BCUT2D eigenvalue weighted by molar-refractivity contribution is 0.196. The average molecular weight is 413 g/mol. The summed E-state index contributed by atoms with van der Waals surface area (Å²) in [4.78, 5) is 20.2. The topological polar surface area (TPSA) is 93.9 Å². The Morgan fingerprint density at radius 1 is 1.10 bits per heavy atom. The number of aromatic nitrogens is 5. The van der Waals surface area contributed by atoms with Crippen molar-refractivity contribution >= 4 is 9.84 Å². The van der Waals surface area contributed by atoms with Gasteiger partial charge >= 0.3 is 0 Å². The van der Waals surface area contributed by atoms with Gasteiger partial charge in [0.1, 0.15) is 16.4 Å². The van der Waals surface area contributed by atoms with Crippen molar-refractivity contribution in [1.29, 1.82) is 0 Å². The molecule has 3 aromatic rings. The summed E-state index contributed by atoms with van der Waals surface area (Å²) in [6.07, 6.45) is 9.75. The molecule has 0 atom stereocenters. The highest BCUT2D eigenvalue weighted by molar-refractivity contribution is 7.90. The number of aryl methyl sites for hydroxylation is 1. The van der Waals surface area contributed by atoms with E-state index in [1.807, 2.05) is 36.0 Å². The van der Waals surface area contributed by atoms with Gasteiger partial charge < -0.3 is 4.57 Å². The standard InChI is InChI=1S/C20H24N6O2S/c1-25-12-9-22-18(25)14-26-10-6-15(7-11-26)19-17(29(2,27)28)13-23-20(24-19)16-5-3-4-8-21-16/h3-5,8-9,12-13,15H,6-7,10-11,14H2,1-2H3. The van der Waals surface area contributed by atoms with Gasteiger partial charge in [0.15, 0.2) is 15.7 Å². The Kier molecular flexibility index (Phi) is 5.42. The molecule has 0 N–H and O–H groups in total. The van der Waals surface area contributed by atoms with Gasteiger partial charge in [-0.25, -0.2) is 23.4 Å². The van der Waals surface area contributed by atoms with Gasteiger partial charge in [-0.2, -0.15) is 0 Å². The number of likely N-dealkylation sites (tertiary alicyclic amines) is 1. The Morgan fingerprint density at radius 3 is 2.52 bits per heavy atom. The zero-order valence-electron chi connectivity index (χ0n) is 16.6. The molecule has 152 valence electrons. The Hall–Kier alpha value is -2.65. The van der Waals surface area contributed by atoms with Crippen LogP contribution in [-0.4, -0.2) is 57.2 Å². The Morgan fingerprint density at radius 2 is 1.90 bits per heavy atom. The van der Waals surface area contributed by atoms with Gasteiger partial charge in [0.05, 0.1) is 12.2 Å². The molecular weight excluding hydrogens is 388 g/mol. The minimum absolute atomic E-state index is 0.0720. The summed E-state index contributed by atoms with van der Waals surface area (Å²) in [5.74, 6) is 1.56. The summed E-state index contributed by atoms with van der Waals surface area (Å²) in [6.45, 7) is 2.52. The van der Waals surface area contributed by atoms with Gasteiger partial charge in [-0.05, 0) is 38.1 Å². The number of nitrogens with zero attached hydrogens (tertiary/aromatic N) is 6. The van der Waals surface area contributed by atoms with E-state index in [4.69, 9.17) is 0 Å². The third-order valence-corrected chi connectivity index (χ3v) is 6.45. The molecule has 0 spiro atoms. The number of piperidine rings is 1. The van der Waals surface area contributed by atoms with Gasteiger partial charge in [-0.1, -0.05) is 6.07 Å². The molecule has 0 aromatic carbocycles. The van der Waals surface area contributed by atoms with Crippen LogP contribution in [0, 0.1) is 0 Å². The summed E-state index contributed by atoms with van der Waals surface area (Å²) < 4.78 is 26.7. The zero-order chi connectivity index (χ0) is 20.4. The van der Waals surface area contributed by atoms with Crippen LogP contribution in [0.2, 0.25) is 0 Å². The normalized spacial score (nSPS) is 16.2. The van der Waals surface area contributed by atoms with Crippen molar-refractivity contribution in [3.8, 4) is 11.5 Å². The second kappa shape index (κ2) is 8.00. The van der Waals surface area contributed by atoms with E-state index in [-0.39, 0.29) is 10.8 Å². The number of hydrogen-bond acceptors (Lipinski definition) is 7. The SMILES string of the molecule is Cn1ccnc1CN1CCC(c2nc(-c3ccccn3)ncc2S(C)(=O)=O)CC1. The Balaban J connectivity index is 1.58. The fraction of sp³-hybridized carbons (Fsp3) is 0.400. The van der Waals surface area contributed by atoms with E-state index in [1.165, 1.54) is 12.5 Å². The first-order valence-corrected chi connectivity index (χ1v) is 11.5. The largest absolute Gasteiger partial charge is 0.337 e. The maximum atomic E-state index is 12.3. The molecule has 4 rings (SSSR count). The van der Waals surface area contributed by atoms with Crippen molar-refractivity contribution in [3.05, 3.63) is 54.5 Å². The summed E-state index contributed by atoms with van der Waals surface area (Å²) in [5, 5.41) is 0. The predicted molar refractivity (Wildman–Crippen MR) is 109 cm³/mol. The fourth-order valence-electron chi connectivity index (χ4n) is 3.69. The van der Waals surface area contributed by atoms with Crippen molar-refractivity contribution in [2.75, 3.05) is 19.3 Å². The third-order valence-electron chi connectivity index (χ3n) is 5.34. The zero-order valence-corrected chi connectivity index (χ0v) is 17.4. The number of hydrogen-bond donors (Lipinski definition) is 0. The predicted octanol–water partition coefficient (Wildman–Crippen LogP) is 2.06. The van der Waals surface area contributed by atoms with E-state index in [9.17, 15) is 8.42 Å². The minimum atomic E-state index is -3.41. The average Bonchev–Trinajstić information content (AvgIpc) is 3.12. The molecule has 0 radical (unpaired) electrons. The van der Waals surface area contributed by atoms with E-state index < -0.39 is 9.84 Å². The monoisotopic (exact) mass is 412 g/mol. The first-order chi connectivity index (χ1) is 13.9. The van der Waals surface area contributed by atoms with Gasteiger partial charge in [0.25, 0.3) is 0 Å². The molecule has 3 aromatic heterocycles. The van der Waals surface area contributed by atoms with Crippen molar-refractivity contribution < 1.29 is 8.42 Å². The molecule has 29 heavy (non-hydrogen) atoms. The third kappa shape index (κ3) is 4.35. The molecule has 0 amide bonds. The highest BCUT2D eigenvalue weighted by Crippen LogP contribution is 2.32. The van der Waals surface area contributed by atoms with Crippen molar-refractivity contribution in [3.63, 3.8) is 0 Å². The first kappa shape index (κ1) is 19.7. The second-order valence-corrected chi connectivity index (χ2v) is 9.42. The maximum absolute atomic E-state index is 12.3. The van der Waals surface area contributed by atoms with Gasteiger partial charge in [0.2, 0.25) is 0 Å². The highest BCUT2D eigenvalue weighted by Gasteiger charge is 2.28. The molecule has 0 saturated carbocycles. The summed E-state index contributed by atoms with van der Waals surface area (Å²) in [7, 11) is -1.42. The Labute approximate surface area is 170 Å². The number of pyridine rings is 1. The lowest BCUT2D eigenvalue weighted by atomic mass is 9.93. The van der Waals surface area contributed by atoms with Crippen LogP contribution >= 0.6 is 0 Å². The number of rotatable bonds is 5. The van der Waals surface area contributed by atoms with Gasteiger partial charge in [-0.15, -0.1) is 0 Å². The lowest BCUT2D eigenvalue weighted by Crippen LogP contribution is -2.34. The van der Waals surface area contributed by atoms with Crippen LogP contribution in [0.4, 0.5) is 0 Å². The molecule has 4 heterocycles. The second-order valence-electron chi connectivity index (χ2n) is 7.44. The highest BCUT2D eigenvalue weighted by atomic mass is 32.2. The van der Waals surface area contributed by atoms with Crippen molar-refractivity contribution in [2.24, 2.45) is 7.05 Å². The summed E-state index contributed by atoms with van der Waals surface area (Å²) >= 11 is 0. The van der Waals surface area contributed by atoms with Crippen LogP contribution in [0.1, 0.15) is 30.3 Å². The lowest BCUT2D eigenvalue weighted by Gasteiger charge is -2.32. The van der Waals surface area contributed by atoms with E-state index >= 15 is 0 Å². The van der Waals surface area contributed by atoms with E-state index in [0.717, 1.165) is 38.3 Å². The van der Waals surface area contributed by atoms with Crippen molar-refractivity contribution in [1.82, 2.24) is 29.4 Å². The van der Waals surface area contributed by atoms with Crippen LogP contribution in [0.3, 0.4) is 0 Å². The molecule has 8 nitrogen and oxygen atoms in total. The molecular formula is C20H24N6O2S. The molecule has 1 saturated heterocycles. The van der Waals surface area contributed by atoms with E-state index in [1.54, 1.807) is 12.4 Å². The molecule has 1 fully saturated rings. The molecule has 0 bridgehead atoms. The molecule has 0 unspecified atom stereocenters. The van der Waals surface area contributed by atoms with Crippen LogP contribution in [0.25, 0.3) is 11.5 Å². The summed E-state index contributed by atoms with van der Waals surface area (Å²) in [5.41, 5.74) is 1.25. The molecule has 1 aliphatic heterocycles. The first-order valence-electron chi connectivity index (χ1n) is 9.59. The van der Waals surface area contributed by atoms with E-state index in [2.05, 4.69) is 24.8 Å². The van der Waals surface area contributed by atoms with Crippen LogP contribution in [0.15, 0.2) is 47.9 Å². The van der Waals surface area contributed by atoms with Gasteiger partial charge in [0, 0.05) is 44.0 Å². The quantitative estimate of drug-likeness (QED) is 0.633. The van der Waals surface area contributed by atoms with E-state index in [0.29, 0.717) is 17.2 Å². The van der Waals surface area contributed by atoms with Crippen molar-refractivity contribution in [2.45, 2.75) is 30.2 Å². The molecule has 9 heteroatoms. The Bertz CT molecular complexity index is 1090. The van der Waals surface area contributed by atoms with Crippen LogP contribution in [0.5, 0.6) is 0 Å². The summed E-state index contributed by atoms with van der Waals surface area (Å²) in [6, 6.07) is 5.52. The molecule has 0 aliphatic carbocycles.